The van der Waals surface area contributed by atoms with Gasteiger partial charge in [0.1, 0.15) is 16.7 Å². The molecule has 0 radical (unpaired) electrons. The van der Waals surface area contributed by atoms with Crippen molar-refractivity contribution in [2.45, 2.75) is 18.6 Å². The van der Waals surface area contributed by atoms with E-state index in [-0.39, 0.29) is 5.75 Å². The fourth-order valence-electron chi connectivity index (χ4n) is 2.57. The van der Waals surface area contributed by atoms with Gasteiger partial charge >= 0.3 is 0 Å². The second-order valence-electron chi connectivity index (χ2n) is 5.29. The highest BCUT2D eigenvalue weighted by Crippen LogP contribution is 2.33. The molecule has 0 aliphatic rings. The van der Waals surface area contributed by atoms with Crippen LogP contribution in [0.15, 0.2) is 48.5 Å². The highest BCUT2D eigenvalue weighted by Gasteiger charge is 2.28. The average molecular weight is 334 g/mol. The molecule has 0 aromatic heterocycles. The normalized spacial score (nSPS) is 11.5. The van der Waals surface area contributed by atoms with Gasteiger partial charge in [-0.3, -0.25) is 0 Å². The fraction of sp³-hybridized carbons (Fsp3) is 0.333. The van der Waals surface area contributed by atoms with Crippen molar-refractivity contribution in [2.75, 3.05) is 20.0 Å². The first-order valence-electron chi connectivity index (χ1n) is 7.51. The Hall–Kier alpha value is -2.01. The van der Waals surface area contributed by atoms with Crippen molar-refractivity contribution in [2.24, 2.45) is 0 Å². The quantitative estimate of drug-likeness (QED) is 0.776. The van der Waals surface area contributed by atoms with Crippen molar-refractivity contribution in [1.82, 2.24) is 0 Å². The molecule has 124 valence electrons. The molecule has 0 saturated heterocycles. The summed E-state index contributed by atoms with van der Waals surface area (Å²) in [5, 5.41) is -0.681. The van der Waals surface area contributed by atoms with Crippen LogP contribution in [0.4, 0.5) is 0 Å². The van der Waals surface area contributed by atoms with Crippen molar-refractivity contribution in [3.63, 3.8) is 0 Å². The van der Waals surface area contributed by atoms with Crippen LogP contribution in [0, 0.1) is 0 Å². The Kier molecular flexibility index (Phi) is 5.66. The molecule has 23 heavy (non-hydrogen) atoms. The molecule has 0 bridgehead atoms. The van der Waals surface area contributed by atoms with Crippen LogP contribution < -0.4 is 9.47 Å². The molecule has 0 unspecified atom stereocenters. The van der Waals surface area contributed by atoms with Gasteiger partial charge in [0.25, 0.3) is 0 Å². The minimum atomic E-state index is -3.30. The van der Waals surface area contributed by atoms with Gasteiger partial charge in [0.2, 0.25) is 0 Å². The van der Waals surface area contributed by atoms with Crippen LogP contribution in [0.5, 0.6) is 11.5 Å². The molecule has 0 fully saturated rings. The van der Waals surface area contributed by atoms with Gasteiger partial charge in [0.15, 0.2) is 9.84 Å². The van der Waals surface area contributed by atoms with Crippen molar-refractivity contribution in [1.29, 1.82) is 0 Å². The lowest BCUT2D eigenvalue weighted by atomic mass is 10.0. The summed E-state index contributed by atoms with van der Waals surface area (Å²) in [5.74, 6) is 1.56. The third-order valence-electron chi connectivity index (χ3n) is 3.68. The molecular formula is C18H22O4S. The molecule has 2 aromatic rings. The van der Waals surface area contributed by atoms with E-state index in [0.717, 1.165) is 11.1 Å². The van der Waals surface area contributed by atoms with Crippen LogP contribution in [0.3, 0.4) is 0 Å². The Morgan fingerprint density at radius 1 is 0.826 bits per heavy atom. The summed E-state index contributed by atoms with van der Waals surface area (Å²) in [7, 11) is -0.125. The first-order valence-corrected chi connectivity index (χ1v) is 9.23. The van der Waals surface area contributed by atoms with Crippen LogP contribution in [-0.2, 0) is 9.84 Å². The van der Waals surface area contributed by atoms with E-state index in [2.05, 4.69) is 0 Å². The number of rotatable bonds is 7. The smallest absolute Gasteiger partial charge is 0.161 e. The average Bonchev–Trinajstić information content (AvgIpc) is 2.56. The Bertz CT molecular complexity index is 671. The molecular weight excluding hydrogens is 312 g/mol. The van der Waals surface area contributed by atoms with E-state index in [0.29, 0.717) is 17.9 Å². The minimum Gasteiger partial charge on any atom is -0.497 e. The van der Waals surface area contributed by atoms with Crippen LogP contribution in [-0.4, -0.2) is 28.4 Å². The van der Waals surface area contributed by atoms with E-state index < -0.39 is 15.1 Å². The number of hydrogen-bond donors (Lipinski definition) is 0. The molecule has 2 rings (SSSR count). The van der Waals surface area contributed by atoms with Crippen LogP contribution in [0.1, 0.15) is 29.7 Å². The van der Waals surface area contributed by atoms with E-state index in [1.807, 2.05) is 6.92 Å². The second-order valence-corrected chi connectivity index (χ2v) is 7.50. The molecule has 0 aliphatic carbocycles. The predicted octanol–water partition coefficient (Wildman–Crippen LogP) is 3.62. The molecule has 0 aliphatic heterocycles. The zero-order valence-electron chi connectivity index (χ0n) is 13.7. The van der Waals surface area contributed by atoms with E-state index in [1.165, 1.54) is 0 Å². The molecule has 0 saturated carbocycles. The largest absolute Gasteiger partial charge is 0.497 e. The first kappa shape index (κ1) is 17.3. The van der Waals surface area contributed by atoms with Gasteiger partial charge in [-0.15, -0.1) is 0 Å². The number of methoxy groups -OCH3 is 2. The van der Waals surface area contributed by atoms with E-state index in [1.54, 1.807) is 62.8 Å². The van der Waals surface area contributed by atoms with Crippen LogP contribution in [0.25, 0.3) is 0 Å². The Morgan fingerprint density at radius 3 is 1.52 bits per heavy atom. The zero-order chi connectivity index (χ0) is 16.9. The topological polar surface area (TPSA) is 52.6 Å². The van der Waals surface area contributed by atoms with Crippen molar-refractivity contribution in [3.05, 3.63) is 59.7 Å². The predicted molar refractivity (Wildman–Crippen MR) is 91.9 cm³/mol. The maximum atomic E-state index is 12.8. The molecule has 4 nitrogen and oxygen atoms in total. The van der Waals surface area contributed by atoms with E-state index >= 15 is 0 Å². The highest BCUT2D eigenvalue weighted by atomic mass is 32.2. The van der Waals surface area contributed by atoms with E-state index in [4.69, 9.17) is 9.47 Å². The van der Waals surface area contributed by atoms with Crippen molar-refractivity contribution in [3.8, 4) is 11.5 Å². The van der Waals surface area contributed by atoms with Crippen LogP contribution >= 0.6 is 0 Å². The lowest BCUT2D eigenvalue weighted by molar-refractivity contribution is 0.414. The van der Waals surface area contributed by atoms with Gasteiger partial charge in [-0.25, -0.2) is 8.42 Å². The summed E-state index contributed by atoms with van der Waals surface area (Å²) < 4.78 is 35.9. The van der Waals surface area contributed by atoms with Gasteiger partial charge in [-0.1, -0.05) is 31.2 Å². The Balaban J connectivity index is 2.49. The maximum Gasteiger partial charge on any atom is 0.161 e. The molecule has 0 amide bonds. The number of ether oxygens (including phenoxy) is 2. The zero-order valence-corrected chi connectivity index (χ0v) is 14.5. The monoisotopic (exact) mass is 334 g/mol. The lowest BCUT2D eigenvalue weighted by Crippen LogP contribution is -2.18. The molecule has 0 N–H and O–H groups in total. The maximum absolute atomic E-state index is 12.8. The lowest BCUT2D eigenvalue weighted by Gasteiger charge is -2.19. The summed E-state index contributed by atoms with van der Waals surface area (Å²) in [5.41, 5.74) is 1.48. The van der Waals surface area contributed by atoms with Gasteiger partial charge in [0, 0.05) is 0 Å². The van der Waals surface area contributed by atoms with Gasteiger partial charge in [-0.05, 0) is 41.8 Å². The Morgan fingerprint density at radius 2 is 1.22 bits per heavy atom. The SMILES string of the molecule is CCCS(=O)(=O)C(c1ccc(OC)cc1)c1ccc(OC)cc1. The van der Waals surface area contributed by atoms with Crippen molar-refractivity contribution >= 4 is 9.84 Å². The summed E-state index contributed by atoms with van der Waals surface area (Å²) in [6, 6.07) is 14.4. The number of sulfone groups is 1. The molecule has 0 atom stereocenters. The number of hydrogen-bond acceptors (Lipinski definition) is 4. The molecule has 2 aromatic carbocycles. The standard InChI is InChI=1S/C18H22O4S/c1-4-13-23(19,20)18(14-5-9-16(21-2)10-6-14)15-7-11-17(22-3)12-8-15/h5-12,18H,4,13H2,1-3H3. The molecule has 5 heteroatoms. The fourth-order valence-corrected chi connectivity index (χ4v) is 4.52. The highest BCUT2D eigenvalue weighted by molar-refractivity contribution is 7.91. The van der Waals surface area contributed by atoms with Gasteiger partial charge in [-0.2, -0.15) is 0 Å². The number of benzene rings is 2. The van der Waals surface area contributed by atoms with E-state index in [9.17, 15) is 8.42 Å². The first-order chi connectivity index (χ1) is 11.0. The molecule has 0 spiro atoms. The minimum absolute atomic E-state index is 0.149. The summed E-state index contributed by atoms with van der Waals surface area (Å²) in [6.07, 6.45) is 0.588. The molecule has 0 heterocycles. The summed E-state index contributed by atoms with van der Waals surface area (Å²) >= 11 is 0. The third kappa shape index (κ3) is 4.05. The van der Waals surface area contributed by atoms with Gasteiger partial charge in [0.05, 0.1) is 20.0 Å². The summed E-state index contributed by atoms with van der Waals surface area (Å²) in [4.78, 5) is 0. The third-order valence-corrected chi connectivity index (χ3v) is 5.92. The van der Waals surface area contributed by atoms with Crippen molar-refractivity contribution < 1.29 is 17.9 Å². The second kappa shape index (κ2) is 7.51. The Labute approximate surface area is 138 Å². The van der Waals surface area contributed by atoms with Gasteiger partial charge < -0.3 is 9.47 Å². The summed E-state index contributed by atoms with van der Waals surface area (Å²) in [6.45, 7) is 1.87. The van der Waals surface area contributed by atoms with Crippen LogP contribution in [0.2, 0.25) is 0 Å².